The monoisotopic (exact) mass is 252 g/mol. The van der Waals surface area contributed by atoms with Gasteiger partial charge in [0.1, 0.15) is 11.6 Å². The zero-order valence-corrected chi connectivity index (χ0v) is 11.0. The lowest BCUT2D eigenvalue weighted by Gasteiger charge is -2.07. The van der Waals surface area contributed by atoms with E-state index in [-0.39, 0.29) is 5.92 Å². The number of pyridine rings is 1. The smallest absolute Gasteiger partial charge is 0.179 e. The average Bonchev–Trinajstić information content (AvgIpc) is 2.90. The number of H-pyrrole nitrogens is 1. The summed E-state index contributed by atoms with van der Waals surface area (Å²) in [7, 11) is 1.86. The Bertz CT molecular complexity index is 688. The third-order valence-electron chi connectivity index (χ3n) is 3.33. The van der Waals surface area contributed by atoms with Gasteiger partial charge in [0.25, 0.3) is 0 Å². The second-order valence-electron chi connectivity index (χ2n) is 4.57. The van der Waals surface area contributed by atoms with Crippen molar-refractivity contribution in [2.24, 2.45) is 0 Å². The number of aromatic amines is 1. The van der Waals surface area contributed by atoms with Crippen LogP contribution in [0.1, 0.15) is 24.2 Å². The molecule has 0 aliphatic rings. The van der Waals surface area contributed by atoms with Gasteiger partial charge in [-0.25, -0.2) is 9.97 Å². The minimum atomic E-state index is 0.230. The van der Waals surface area contributed by atoms with Gasteiger partial charge < -0.3 is 10.3 Å². The number of imidazole rings is 1. The Labute approximate surface area is 111 Å². The van der Waals surface area contributed by atoms with E-state index in [0.717, 1.165) is 22.8 Å². The molecule has 0 saturated carbocycles. The van der Waals surface area contributed by atoms with Gasteiger partial charge in [-0.05, 0) is 17.7 Å². The molecule has 1 atom stereocenters. The normalized spacial score (nSPS) is 12.5. The predicted octanol–water partition coefficient (Wildman–Crippen LogP) is 3.15. The van der Waals surface area contributed by atoms with Crippen LogP contribution >= 0.6 is 0 Å². The van der Waals surface area contributed by atoms with Gasteiger partial charge in [-0.15, -0.1) is 0 Å². The second kappa shape index (κ2) is 4.72. The van der Waals surface area contributed by atoms with Crippen LogP contribution in [0.15, 0.2) is 42.5 Å². The molecule has 19 heavy (non-hydrogen) atoms. The molecule has 0 amide bonds. The zero-order valence-electron chi connectivity index (χ0n) is 11.0. The summed E-state index contributed by atoms with van der Waals surface area (Å²) in [5, 5.41) is 3.02. The van der Waals surface area contributed by atoms with Crippen molar-refractivity contribution in [3.63, 3.8) is 0 Å². The van der Waals surface area contributed by atoms with Gasteiger partial charge in [0.15, 0.2) is 5.65 Å². The van der Waals surface area contributed by atoms with E-state index in [9.17, 15) is 0 Å². The third kappa shape index (κ3) is 2.17. The summed E-state index contributed by atoms with van der Waals surface area (Å²) < 4.78 is 0. The third-order valence-corrected chi connectivity index (χ3v) is 3.33. The minimum absolute atomic E-state index is 0.230. The van der Waals surface area contributed by atoms with E-state index in [1.165, 1.54) is 5.56 Å². The Kier molecular flexibility index (Phi) is 2.91. The van der Waals surface area contributed by atoms with Gasteiger partial charge in [-0.1, -0.05) is 37.3 Å². The molecule has 3 aromatic rings. The Balaban J connectivity index is 2.01. The van der Waals surface area contributed by atoms with Crippen molar-refractivity contribution in [2.75, 3.05) is 12.4 Å². The second-order valence-corrected chi connectivity index (χ2v) is 4.57. The van der Waals surface area contributed by atoms with Crippen LogP contribution in [0.2, 0.25) is 0 Å². The van der Waals surface area contributed by atoms with Gasteiger partial charge >= 0.3 is 0 Å². The molecule has 1 aromatic carbocycles. The van der Waals surface area contributed by atoms with E-state index in [1.807, 2.05) is 37.4 Å². The van der Waals surface area contributed by atoms with Crippen LogP contribution in [0.4, 0.5) is 5.82 Å². The first-order chi connectivity index (χ1) is 9.28. The molecule has 0 spiro atoms. The highest BCUT2D eigenvalue weighted by atomic mass is 15.0. The first-order valence-corrected chi connectivity index (χ1v) is 6.37. The highest BCUT2D eigenvalue weighted by Crippen LogP contribution is 2.23. The van der Waals surface area contributed by atoms with Crippen molar-refractivity contribution in [3.05, 3.63) is 53.9 Å². The predicted molar refractivity (Wildman–Crippen MR) is 77.4 cm³/mol. The lowest BCUT2D eigenvalue weighted by atomic mass is 10.0. The molecule has 0 aliphatic heterocycles. The van der Waals surface area contributed by atoms with Crippen LogP contribution < -0.4 is 5.32 Å². The quantitative estimate of drug-likeness (QED) is 0.753. The van der Waals surface area contributed by atoms with E-state index >= 15 is 0 Å². The summed E-state index contributed by atoms with van der Waals surface area (Å²) >= 11 is 0. The molecule has 4 nitrogen and oxygen atoms in total. The molecule has 96 valence electrons. The van der Waals surface area contributed by atoms with Crippen LogP contribution in [0, 0.1) is 0 Å². The maximum Gasteiger partial charge on any atom is 0.179 e. The topological polar surface area (TPSA) is 53.6 Å². The fourth-order valence-corrected chi connectivity index (χ4v) is 2.16. The molecular weight excluding hydrogens is 236 g/mol. The summed E-state index contributed by atoms with van der Waals surface area (Å²) in [5.74, 6) is 2.01. The van der Waals surface area contributed by atoms with Crippen molar-refractivity contribution in [1.29, 1.82) is 0 Å². The molecule has 3 rings (SSSR count). The van der Waals surface area contributed by atoms with Crippen LogP contribution in [-0.4, -0.2) is 22.0 Å². The lowest BCUT2D eigenvalue weighted by molar-refractivity contribution is 0.844. The summed E-state index contributed by atoms with van der Waals surface area (Å²) in [6.45, 7) is 2.14. The highest BCUT2D eigenvalue weighted by molar-refractivity contribution is 5.73. The van der Waals surface area contributed by atoms with Crippen molar-refractivity contribution < 1.29 is 0 Å². The molecule has 1 unspecified atom stereocenters. The first-order valence-electron chi connectivity index (χ1n) is 6.37. The lowest BCUT2D eigenvalue weighted by Crippen LogP contribution is -1.97. The van der Waals surface area contributed by atoms with E-state index in [4.69, 9.17) is 0 Å². The van der Waals surface area contributed by atoms with Crippen molar-refractivity contribution in [1.82, 2.24) is 15.0 Å². The van der Waals surface area contributed by atoms with Crippen molar-refractivity contribution in [3.8, 4) is 0 Å². The average molecular weight is 252 g/mol. The van der Waals surface area contributed by atoms with E-state index < -0.39 is 0 Å². The van der Waals surface area contributed by atoms with Crippen molar-refractivity contribution >= 4 is 17.0 Å². The van der Waals surface area contributed by atoms with Gasteiger partial charge in [-0.2, -0.15) is 0 Å². The molecular formula is C15H16N4. The number of hydrogen-bond donors (Lipinski definition) is 2. The number of fused-ring (bicyclic) bond motifs is 1. The number of nitrogens with zero attached hydrogens (tertiary/aromatic N) is 2. The van der Waals surface area contributed by atoms with Crippen LogP contribution in [0.3, 0.4) is 0 Å². The van der Waals surface area contributed by atoms with E-state index in [0.29, 0.717) is 0 Å². The fourth-order valence-electron chi connectivity index (χ4n) is 2.16. The largest absolute Gasteiger partial charge is 0.373 e. The molecule has 0 saturated heterocycles. The molecule has 0 fully saturated rings. The van der Waals surface area contributed by atoms with Gasteiger partial charge in [0.05, 0.1) is 5.52 Å². The molecule has 0 bridgehead atoms. The SMILES string of the molecule is CNc1ccc2[nH]c(C(C)c3ccccc3)nc2n1. The van der Waals surface area contributed by atoms with Gasteiger partial charge in [0, 0.05) is 13.0 Å². The summed E-state index contributed by atoms with van der Waals surface area (Å²) in [6.07, 6.45) is 0. The molecule has 0 aliphatic carbocycles. The molecule has 0 radical (unpaired) electrons. The number of anilines is 1. The first kappa shape index (κ1) is 11.7. The van der Waals surface area contributed by atoms with E-state index in [2.05, 4.69) is 39.3 Å². The van der Waals surface area contributed by atoms with Crippen LogP contribution in [-0.2, 0) is 0 Å². The number of rotatable bonds is 3. The highest BCUT2D eigenvalue weighted by Gasteiger charge is 2.13. The zero-order chi connectivity index (χ0) is 13.2. The number of benzene rings is 1. The van der Waals surface area contributed by atoms with Gasteiger partial charge in [0.2, 0.25) is 0 Å². The summed E-state index contributed by atoms with van der Waals surface area (Å²) in [5.41, 5.74) is 2.97. The molecule has 2 heterocycles. The maximum absolute atomic E-state index is 4.59. The Morgan fingerprint density at radius 3 is 2.58 bits per heavy atom. The van der Waals surface area contributed by atoms with Crippen LogP contribution in [0.5, 0.6) is 0 Å². The van der Waals surface area contributed by atoms with Gasteiger partial charge in [-0.3, -0.25) is 0 Å². The Hall–Kier alpha value is -2.36. The summed E-state index contributed by atoms with van der Waals surface area (Å²) in [6, 6.07) is 14.3. The van der Waals surface area contributed by atoms with Crippen molar-refractivity contribution in [2.45, 2.75) is 12.8 Å². The van der Waals surface area contributed by atoms with Crippen LogP contribution in [0.25, 0.3) is 11.2 Å². The number of nitrogens with one attached hydrogen (secondary N) is 2. The molecule has 4 heteroatoms. The standard InChI is InChI=1S/C15H16N4/c1-10(11-6-4-3-5-7-11)14-17-12-8-9-13(16-2)18-15(12)19-14/h3-10H,1-2H3,(H2,16,17,18,19). The Morgan fingerprint density at radius 1 is 1.05 bits per heavy atom. The number of aromatic nitrogens is 3. The number of hydrogen-bond acceptors (Lipinski definition) is 3. The summed E-state index contributed by atoms with van der Waals surface area (Å²) in [4.78, 5) is 12.4. The fraction of sp³-hybridized carbons (Fsp3) is 0.200. The maximum atomic E-state index is 4.59. The molecule has 2 aromatic heterocycles. The molecule has 2 N–H and O–H groups in total. The van der Waals surface area contributed by atoms with E-state index in [1.54, 1.807) is 0 Å². The minimum Gasteiger partial charge on any atom is -0.373 e. The Morgan fingerprint density at radius 2 is 1.84 bits per heavy atom.